The summed E-state index contributed by atoms with van der Waals surface area (Å²) in [5.41, 5.74) is 1.71. The molecule has 2 aromatic rings. The third-order valence-electron chi connectivity index (χ3n) is 5.67. The van der Waals surface area contributed by atoms with E-state index in [0.29, 0.717) is 12.0 Å². The molecule has 1 spiro atoms. The zero-order valence-corrected chi connectivity index (χ0v) is 16.0. The van der Waals surface area contributed by atoms with Gasteiger partial charge in [-0.25, -0.2) is 4.39 Å². The van der Waals surface area contributed by atoms with Gasteiger partial charge in [0.25, 0.3) is 0 Å². The topological polar surface area (TPSA) is 29.5 Å². The Labute approximate surface area is 164 Å². The van der Waals surface area contributed by atoms with E-state index in [-0.39, 0.29) is 17.2 Å². The Hall–Kier alpha value is -1.91. The maximum absolute atomic E-state index is 12.9. The zero-order chi connectivity index (χ0) is 18.9. The first-order chi connectivity index (χ1) is 13.0. The highest BCUT2D eigenvalue weighted by Crippen LogP contribution is 2.41. The summed E-state index contributed by atoms with van der Waals surface area (Å²) in [4.78, 5) is 14.6. The molecule has 2 aliphatic heterocycles. The summed E-state index contributed by atoms with van der Waals surface area (Å²) < 4.78 is 19.2. The van der Waals surface area contributed by atoms with Crippen molar-refractivity contribution in [2.75, 3.05) is 19.6 Å². The number of benzene rings is 2. The molecule has 0 aliphatic carbocycles. The number of likely N-dealkylation sites (tertiary alicyclic amines) is 1. The Morgan fingerprint density at radius 3 is 2.63 bits per heavy atom. The molecule has 0 radical (unpaired) electrons. The van der Waals surface area contributed by atoms with Gasteiger partial charge in [-0.2, -0.15) is 0 Å². The standard InChI is InChI=1S/C22H23ClFNO2/c23-18-5-8-21-17(14-18)15-22(27-21)9-12-25(13-10-22)11-1-2-20(26)16-3-6-19(24)7-4-16/h3-8,14H,1-2,9-13,15H2. The van der Waals surface area contributed by atoms with Crippen LogP contribution in [0.5, 0.6) is 5.75 Å². The number of ether oxygens (including phenoxy) is 1. The minimum atomic E-state index is -0.313. The second-order valence-electron chi connectivity index (χ2n) is 7.59. The van der Waals surface area contributed by atoms with Crippen molar-refractivity contribution < 1.29 is 13.9 Å². The number of halogens is 2. The van der Waals surface area contributed by atoms with E-state index < -0.39 is 0 Å². The van der Waals surface area contributed by atoms with Crippen molar-refractivity contribution in [1.29, 1.82) is 0 Å². The molecule has 3 nitrogen and oxygen atoms in total. The third kappa shape index (κ3) is 4.17. The second kappa shape index (κ2) is 7.61. The number of piperidine rings is 1. The smallest absolute Gasteiger partial charge is 0.162 e. The molecule has 2 aliphatic rings. The minimum absolute atomic E-state index is 0.0786. The molecule has 27 heavy (non-hydrogen) atoms. The number of Topliss-reactive ketones (excluding diaryl/α,β-unsaturated/α-hetero) is 1. The van der Waals surface area contributed by atoms with Crippen LogP contribution in [0.25, 0.3) is 0 Å². The monoisotopic (exact) mass is 387 g/mol. The molecule has 4 rings (SSSR count). The van der Waals surface area contributed by atoms with Crippen molar-refractivity contribution in [2.24, 2.45) is 0 Å². The number of hydrogen-bond donors (Lipinski definition) is 0. The van der Waals surface area contributed by atoms with Crippen molar-refractivity contribution in [3.05, 3.63) is 64.4 Å². The van der Waals surface area contributed by atoms with Crippen LogP contribution in [-0.2, 0) is 6.42 Å². The SMILES string of the molecule is O=C(CCCN1CCC2(CC1)Cc1cc(Cl)ccc1O2)c1ccc(F)cc1. The van der Waals surface area contributed by atoms with E-state index >= 15 is 0 Å². The van der Waals surface area contributed by atoms with Gasteiger partial charge >= 0.3 is 0 Å². The van der Waals surface area contributed by atoms with Gasteiger partial charge in [-0.1, -0.05) is 11.6 Å². The van der Waals surface area contributed by atoms with Gasteiger partial charge in [-0.3, -0.25) is 4.79 Å². The lowest BCUT2D eigenvalue weighted by atomic mass is 9.87. The first-order valence-electron chi connectivity index (χ1n) is 9.52. The summed E-state index contributed by atoms with van der Waals surface area (Å²) in [6.45, 7) is 2.86. The Kier molecular flexibility index (Phi) is 5.20. The van der Waals surface area contributed by atoms with Gasteiger partial charge in [-0.05, 0) is 61.0 Å². The van der Waals surface area contributed by atoms with E-state index in [1.165, 1.54) is 17.7 Å². The van der Waals surface area contributed by atoms with Crippen molar-refractivity contribution in [3.63, 3.8) is 0 Å². The first kappa shape index (κ1) is 18.5. The van der Waals surface area contributed by atoms with E-state index in [2.05, 4.69) is 4.90 Å². The van der Waals surface area contributed by atoms with Gasteiger partial charge in [0, 0.05) is 49.4 Å². The Morgan fingerprint density at radius 1 is 1.15 bits per heavy atom. The maximum Gasteiger partial charge on any atom is 0.162 e. The molecule has 2 heterocycles. The average molecular weight is 388 g/mol. The molecule has 1 fully saturated rings. The molecule has 0 unspecified atom stereocenters. The highest BCUT2D eigenvalue weighted by molar-refractivity contribution is 6.30. The van der Waals surface area contributed by atoms with Crippen molar-refractivity contribution >= 4 is 17.4 Å². The number of carbonyl (C=O) groups is 1. The molecule has 0 aromatic heterocycles. The van der Waals surface area contributed by atoms with Gasteiger partial charge in [0.2, 0.25) is 0 Å². The molecular weight excluding hydrogens is 365 g/mol. The van der Waals surface area contributed by atoms with Crippen LogP contribution < -0.4 is 4.74 Å². The molecule has 2 aromatic carbocycles. The summed E-state index contributed by atoms with van der Waals surface area (Å²) in [6.07, 6.45) is 4.23. The fourth-order valence-electron chi connectivity index (χ4n) is 4.11. The lowest BCUT2D eigenvalue weighted by molar-refractivity contribution is 0.0190. The number of carbonyl (C=O) groups excluding carboxylic acids is 1. The fourth-order valence-corrected chi connectivity index (χ4v) is 4.30. The summed E-state index contributed by atoms with van der Waals surface area (Å²) >= 11 is 6.10. The molecule has 0 atom stereocenters. The van der Waals surface area contributed by atoms with Crippen LogP contribution in [0.15, 0.2) is 42.5 Å². The van der Waals surface area contributed by atoms with E-state index in [1.54, 1.807) is 12.1 Å². The normalized spacial score (nSPS) is 18.3. The Bertz CT molecular complexity index is 829. The molecule has 0 N–H and O–H groups in total. The largest absolute Gasteiger partial charge is 0.487 e. The van der Waals surface area contributed by atoms with Gasteiger partial charge in [0.05, 0.1) is 0 Å². The number of nitrogens with zero attached hydrogens (tertiary/aromatic N) is 1. The van der Waals surface area contributed by atoms with Crippen LogP contribution in [-0.4, -0.2) is 35.9 Å². The minimum Gasteiger partial charge on any atom is -0.487 e. The first-order valence-corrected chi connectivity index (χ1v) is 9.89. The quantitative estimate of drug-likeness (QED) is 0.682. The molecule has 0 amide bonds. The van der Waals surface area contributed by atoms with Crippen LogP contribution in [0.2, 0.25) is 5.02 Å². The number of fused-ring (bicyclic) bond motifs is 1. The molecular formula is C22H23ClFNO2. The van der Waals surface area contributed by atoms with Gasteiger partial charge < -0.3 is 9.64 Å². The summed E-state index contributed by atoms with van der Waals surface area (Å²) in [5.74, 6) is 0.736. The van der Waals surface area contributed by atoms with Gasteiger partial charge in [0.1, 0.15) is 17.2 Å². The fraction of sp³-hybridized carbons (Fsp3) is 0.409. The highest BCUT2D eigenvalue weighted by atomic mass is 35.5. The molecule has 142 valence electrons. The summed E-state index contributed by atoms with van der Waals surface area (Å²) in [5, 5.41) is 0.762. The van der Waals surface area contributed by atoms with E-state index in [1.807, 2.05) is 18.2 Å². The molecule has 0 saturated carbocycles. The highest BCUT2D eigenvalue weighted by Gasteiger charge is 2.41. The number of rotatable bonds is 5. The van der Waals surface area contributed by atoms with Crippen LogP contribution in [0.3, 0.4) is 0 Å². The van der Waals surface area contributed by atoms with Crippen LogP contribution in [0, 0.1) is 5.82 Å². The maximum atomic E-state index is 12.9. The third-order valence-corrected chi connectivity index (χ3v) is 5.91. The number of ketones is 1. The Morgan fingerprint density at radius 2 is 1.89 bits per heavy atom. The second-order valence-corrected chi connectivity index (χ2v) is 8.03. The lowest BCUT2D eigenvalue weighted by Crippen LogP contribution is -2.47. The van der Waals surface area contributed by atoms with Crippen molar-refractivity contribution in [1.82, 2.24) is 4.90 Å². The van der Waals surface area contributed by atoms with Gasteiger partial charge in [-0.15, -0.1) is 0 Å². The van der Waals surface area contributed by atoms with E-state index in [4.69, 9.17) is 16.3 Å². The number of hydrogen-bond acceptors (Lipinski definition) is 3. The van der Waals surface area contributed by atoms with E-state index in [0.717, 1.165) is 56.1 Å². The summed E-state index contributed by atoms with van der Waals surface area (Å²) in [7, 11) is 0. The average Bonchev–Trinajstić information content (AvgIpc) is 3.01. The van der Waals surface area contributed by atoms with Crippen molar-refractivity contribution in [2.45, 2.75) is 37.7 Å². The predicted molar refractivity (Wildman–Crippen MR) is 104 cm³/mol. The van der Waals surface area contributed by atoms with Gasteiger partial charge in [0.15, 0.2) is 5.78 Å². The zero-order valence-electron chi connectivity index (χ0n) is 15.2. The lowest BCUT2D eigenvalue weighted by Gasteiger charge is -2.38. The summed E-state index contributed by atoms with van der Waals surface area (Å²) in [6, 6.07) is 11.7. The predicted octanol–water partition coefficient (Wildman–Crippen LogP) is 4.91. The molecule has 1 saturated heterocycles. The van der Waals surface area contributed by atoms with Crippen LogP contribution in [0.1, 0.15) is 41.6 Å². The molecule has 5 heteroatoms. The molecule has 0 bridgehead atoms. The van der Waals surface area contributed by atoms with E-state index in [9.17, 15) is 9.18 Å². The van der Waals surface area contributed by atoms with Crippen molar-refractivity contribution in [3.8, 4) is 5.75 Å². The Balaban J connectivity index is 1.23. The van der Waals surface area contributed by atoms with Crippen LogP contribution >= 0.6 is 11.6 Å². The van der Waals surface area contributed by atoms with Crippen LogP contribution in [0.4, 0.5) is 4.39 Å².